The van der Waals surface area contributed by atoms with Crippen LogP contribution < -0.4 is 0 Å². The monoisotopic (exact) mass is 303 g/mol. The van der Waals surface area contributed by atoms with E-state index in [1.54, 1.807) is 6.07 Å². The van der Waals surface area contributed by atoms with Gasteiger partial charge in [0.05, 0.1) is 5.75 Å². The van der Waals surface area contributed by atoms with E-state index in [1.165, 1.54) is 25.4 Å². The zero-order chi connectivity index (χ0) is 14.7. The lowest BCUT2D eigenvalue weighted by Crippen LogP contribution is -2.32. The Morgan fingerprint density at radius 1 is 1.37 bits per heavy atom. The quantitative estimate of drug-likeness (QED) is 0.733. The number of sulfonamides is 1. The molecule has 0 radical (unpaired) electrons. The molecule has 0 aliphatic carbocycles. The molecule has 0 bridgehead atoms. The van der Waals surface area contributed by atoms with Crippen LogP contribution in [0, 0.1) is 11.3 Å². The molecule has 0 amide bonds. The smallest absolute Gasteiger partial charge is 0.244 e. The maximum absolute atomic E-state index is 12.2. The summed E-state index contributed by atoms with van der Waals surface area (Å²) in [4.78, 5) is 3.44. The highest BCUT2D eigenvalue weighted by molar-refractivity contribution is 7.91. The number of nitrogens with zero attached hydrogens (tertiary/aromatic N) is 3. The number of pyridine rings is 1. The summed E-state index contributed by atoms with van der Waals surface area (Å²) in [5.74, 6) is -0.287. The van der Waals surface area contributed by atoms with Crippen LogP contribution in [0.4, 0.5) is 0 Å². The molecule has 104 valence electrons. The lowest BCUT2D eigenvalue weighted by atomic mass is 10.4. The van der Waals surface area contributed by atoms with Crippen molar-refractivity contribution in [3.63, 3.8) is 0 Å². The largest absolute Gasteiger partial charge is 0.245 e. The fourth-order valence-electron chi connectivity index (χ4n) is 1.27. The van der Waals surface area contributed by atoms with E-state index in [2.05, 4.69) is 4.98 Å². The molecule has 7 nitrogen and oxygen atoms in total. The van der Waals surface area contributed by atoms with Gasteiger partial charge >= 0.3 is 0 Å². The molecule has 0 aliphatic heterocycles. The molecule has 9 heteroatoms. The minimum Gasteiger partial charge on any atom is -0.244 e. The second-order valence-corrected chi connectivity index (χ2v) is 8.19. The summed E-state index contributed by atoms with van der Waals surface area (Å²) in [5, 5.41) is 8.83. The standard InChI is InChI=1S/C10H13N3O4S2/c1-13(6-7-18(2,14)15)19(16,17)10-4-3-5-12-9(10)8-11/h3-5H,6-7H2,1-2H3. The third-order valence-electron chi connectivity index (χ3n) is 2.34. The van der Waals surface area contributed by atoms with Gasteiger partial charge in [-0.05, 0) is 12.1 Å². The van der Waals surface area contributed by atoms with Crippen molar-refractivity contribution in [1.82, 2.24) is 9.29 Å². The first-order chi connectivity index (χ1) is 8.68. The Morgan fingerprint density at radius 3 is 2.53 bits per heavy atom. The Balaban J connectivity index is 3.08. The minimum absolute atomic E-state index is 0.180. The first-order valence-corrected chi connectivity index (χ1v) is 8.68. The SMILES string of the molecule is CN(CCS(C)(=O)=O)S(=O)(=O)c1cccnc1C#N. The predicted molar refractivity (Wildman–Crippen MR) is 68.5 cm³/mol. The van der Waals surface area contributed by atoms with Crippen molar-refractivity contribution in [1.29, 1.82) is 5.26 Å². The third-order valence-corrected chi connectivity index (χ3v) is 5.15. The van der Waals surface area contributed by atoms with Crippen LogP contribution in [0.25, 0.3) is 0 Å². The highest BCUT2D eigenvalue weighted by Crippen LogP contribution is 2.16. The zero-order valence-corrected chi connectivity index (χ0v) is 12.1. The maximum Gasteiger partial charge on any atom is 0.245 e. The highest BCUT2D eigenvalue weighted by atomic mass is 32.2. The van der Waals surface area contributed by atoms with Gasteiger partial charge in [0, 0.05) is 26.0 Å². The molecule has 1 aromatic heterocycles. The summed E-state index contributed by atoms with van der Waals surface area (Å²) in [6, 6.07) is 4.36. The van der Waals surface area contributed by atoms with Crippen LogP contribution in [0.2, 0.25) is 0 Å². The van der Waals surface area contributed by atoms with Gasteiger partial charge in [0.2, 0.25) is 10.0 Å². The summed E-state index contributed by atoms with van der Waals surface area (Å²) in [6.07, 6.45) is 2.34. The van der Waals surface area contributed by atoms with Crippen LogP contribution in [0.1, 0.15) is 5.69 Å². The van der Waals surface area contributed by atoms with Gasteiger partial charge in [-0.2, -0.15) is 9.57 Å². The van der Waals surface area contributed by atoms with Gasteiger partial charge in [-0.3, -0.25) is 0 Å². The summed E-state index contributed by atoms with van der Waals surface area (Å²) in [7, 11) is -5.93. The molecule has 0 saturated heterocycles. The first-order valence-electron chi connectivity index (χ1n) is 5.17. The van der Waals surface area contributed by atoms with E-state index in [4.69, 9.17) is 5.26 Å². The van der Waals surface area contributed by atoms with Gasteiger partial charge in [0.1, 0.15) is 20.8 Å². The normalized spacial score (nSPS) is 12.3. The van der Waals surface area contributed by atoms with E-state index < -0.39 is 19.9 Å². The van der Waals surface area contributed by atoms with Crippen LogP contribution in [0.5, 0.6) is 0 Å². The molecule has 0 aromatic carbocycles. The van der Waals surface area contributed by atoms with E-state index in [9.17, 15) is 16.8 Å². The first kappa shape index (κ1) is 15.6. The number of rotatable bonds is 5. The zero-order valence-electron chi connectivity index (χ0n) is 10.4. The molecule has 0 fully saturated rings. The van der Waals surface area contributed by atoms with Gasteiger partial charge in [0.15, 0.2) is 5.69 Å². The van der Waals surface area contributed by atoms with Gasteiger partial charge in [-0.25, -0.2) is 21.8 Å². The lowest BCUT2D eigenvalue weighted by Gasteiger charge is -2.16. The van der Waals surface area contributed by atoms with E-state index in [0.29, 0.717) is 0 Å². The fourth-order valence-corrected chi connectivity index (χ4v) is 3.25. The Labute approximate surface area is 112 Å². The topological polar surface area (TPSA) is 108 Å². The second-order valence-electron chi connectivity index (χ2n) is 3.92. The third kappa shape index (κ3) is 3.99. The molecular weight excluding hydrogens is 290 g/mol. The van der Waals surface area contributed by atoms with Crippen molar-refractivity contribution >= 4 is 19.9 Å². The average Bonchev–Trinajstić information content (AvgIpc) is 2.34. The fraction of sp³-hybridized carbons (Fsp3) is 0.400. The summed E-state index contributed by atoms with van der Waals surface area (Å²) < 4.78 is 47.3. The summed E-state index contributed by atoms with van der Waals surface area (Å²) in [6.45, 7) is -0.180. The van der Waals surface area contributed by atoms with E-state index in [1.807, 2.05) is 0 Å². The number of hydrogen-bond acceptors (Lipinski definition) is 6. The Hall–Kier alpha value is -1.50. The Kier molecular flexibility index (Phi) is 4.62. The molecule has 1 aromatic rings. The van der Waals surface area contributed by atoms with Crippen molar-refractivity contribution in [2.45, 2.75) is 4.90 Å². The molecule has 0 unspecified atom stereocenters. The Morgan fingerprint density at radius 2 is 2.00 bits per heavy atom. The van der Waals surface area contributed by atoms with Crippen LogP contribution in [-0.2, 0) is 19.9 Å². The van der Waals surface area contributed by atoms with Crippen LogP contribution in [0.15, 0.2) is 23.2 Å². The number of sulfone groups is 1. The second kappa shape index (κ2) is 5.64. The van der Waals surface area contributed by atoms with Crippen molar-refractivity contribution in [3.05, 3.63) is 24.0 Å². The van der Waals surface area contributed by atoms with Gasteiger partial charge in [-0.15, -0.1) is 0 Å². The number of nitriles is 1. The molecule has 0 saturated carbocycles. The molecule has 19 heavy (non-hydrogen) atoms. The van der Waals surface area contributed by atoms with E-state index in [0.717, 1.165) is 10.6 Å². The molecule has 0 spiro atoms. The van der Waals surface area contributed by atoms with Gasteiger partial charge in [-0.1, -0.05) is 0 Å². The maximum atomic E-state index is 12.2. The van der Waals surface area contributed by atoms with Crippen LogP contribution in [0.3, 0.4) is 0 Å². The van der Waals surface area contributed by atoms with Gasteiger partial charge in [0.25, 0.3) is 0 Å². The molecular formula is C10H13N3O4S2. The van der Waals surface area contributed by atoms with E-state index >= 15 is 0 Å². The lowest BCUT2D eigenvalue weighted by molar-refractivity contribution is 0.484. The van der Waals surface area contributed by atoms with Crippen LogP contribution >= 0.6 is 0 Å². The molecule has 0 aliphatic rings. The number of hydrogen-bond donors (Lipinski definition) is 0. The van der Waals surface area contributed by atoms with Crippen molar-refractivity contribution < 1.29 is 16.8 Å². The van der Waals surface area contributed by atoms with Crippen LogP contribution in [-0.4, -0.2) is 51.7 Å². The highest BCUT2D eigenvalue weighted by Gasteiger charge is 2.25. The van der Waals surface area contributed by atoms with Crippen molar-refractivity contribution in [3.8, 4) is 6.07 Å². The van der Waals surface area contributed by atoms with Crippen molar-refractivity contribution in [2.75, 3.05) is 25.6 Å². The predicted octanol–water partition coefficient (Wildman–Crippen LogP) is -0.382. The van der Waals surface area contributed by atoms with Gasteiger partial charge < -0.3 is 0 Å². The number of aromatic nitrogens is 1. The molecule has 0 atom stereocenters. The minimum atomic E-state index is -3.92. The van der Waals surface area contributed by atoms with Crippen molar-refractivity contribution in [2.24, 2.45) is 0 Å². The molecule has 0 N–H and O–H groups in total. The molecule has 1 heterocycles. The van der Waals surface area contributed by atoms with E-state index in [-0.39, 0.29) is 22.9 Å². The summed E-state index contributed by atoms with van der Waals surface area (Å²) in [5.41, 5.74) is -0.214. The molecule has 1 rings (SSSR count). The Bertz CT molecular complexity index is 705. The average molecular weight is 303 g/mol. The summed E-state index contributed by atoms with van der Waals surface area (Å²) >= 11 is 0.